The fraction of sp³-hybridized carbons (Fsp3) is 0.278. The number of pyridine rings is 1. The van der Waals surface area contributed by atoms with E-state index >= 15 is 0 Å². The molecule has 0 aromatic carbocycles. The molecule has 3 heterocycles. The smallest absolute Gasteiger partial charge is 0.359 e. The van der Waals surface area contributed by atoms with E-state index in [4.69, 9.17) is 4.74 Å². The van der Waals surface area contributed by atoms with Crippen LogP contribution in [0.4, 0.5) is 0 Å². The number of aryl methyl sites for hydroxylation is 2. The third-order valence-electron chi connectivity index (χ3n) is 3.74. The summed E-state index contributed by atoms with van der Waals surface area (Å²) < 4.78 is 7.83. The summed E-state index contributed by atoms with van der Waals surface area (Å²) >= 11 is 0. The van der Waals surface area contributed by atoms with Crippen LogP contribution in [-0.2, 0) is 17.9 Å². The zero-order valence-corrected chi connectivity index (χ0v) is 14.5. The van der Waals surface area contributed by atoms with Crippen LogP contribution >= 0.6 is 0 Å². The predicted molar refractivity (Wildman–Crippen MR) is 94.1 cm³/mol. The lowest BCUT2D eigenvalue weighted by Gasteiger charge is -2.07. The Balaban J connectivity index is 1.79. The Kier molecular flexibility index (Phi) is 4.92. The number of hydrogen-bond donors (Lipinski definition) is 0. The van der Waals surface area contributed by atoms with Crippen LogP contribution in [0.3, 0.4) is 0 Å². The van der Waals surface area contributed by atoms with Crippen molar-refractivity contribution in [2.24, 2.45) is 0 Å². The van der Waals surface area contributed by atoms with Gasteiger partial charge in [-0.1, -0.05) is 6.92 Å². The molecule has 26 heavy (non-hydrogen) atoms. The number of nitrogens with zero attached hydrogens (tertiary/aromatic N) is 4. The van der Waals surface area contributed by atoms with Crippen molar-refractivity contribution >= 4 is 11.6 Å². The van der Waals surface area contributed by atoms with Gasteiger partial charge in [-0.05, 0) is 37.1 Å². The van der Waals surface area contributed by atoms with Gasteiger partial charge >= 0.3 is 5.97 Å². The average molecular weight is 354 g/mol. The second-order valence-electron chi connectivity index (χ2n) is 5.87. The molecule has 0 N–H and O–H groups in total. The summed E-state index contributed by atoms with van der Waals surface area (Å²) in [6, 6.07) is 7.51. The number of aromatic nitrogens is 4. The van der Waals surface area contributed by atoms with E-state index in [9.17, 15) is 14.4 Å². The molecule has 0 atom stereocenters. The van der Waals surface area contributed by atoms with Crippen LogP contribution in [0.15, 0.2) is 46.1 Å². The Bertz CT molecular complexity index is 1080. The maximum absolute atomic E-state index is 12.2. The Morgan fingerprint density at radius 2 is 1.96 bits per heavy atom. The highest BCUT2D eigenvalue weighted by atomic mass is 16.5. The largest absolute Gasteiger partial charge is 0.454 e. The third kappa shape index (κ3) is 3.69. The summed E-state index contributed by atoms with van der Waals surface area (Å²) in [5.41, 5.74) is 1.30. The second-order valence-corrected chi connectivity index (χ2v) is 5.87. The molecule has 3 rings (SSSR count). The molecular formula is C18H18N4O4. The molecule has 0 fully saturated rings. The van der Waals surface area contributed by atoms with Gasteiger partial charge < -0.3 is 4.74 Å². The van der Waals surface area contributed by atoms with Crippen LogP contribution < -0.4 is 11.1 Å². The van der Waals surface area contributed by atoms with Gasteiger partial charge in [-0.2, -0.15) is 5.10 Å². The fourth-order valence-corrected chi connectivity index (χ4v) is 2.47. The van der Waals surface area contributed by atoms with E-state index in [-0.39, 0.29) is 23.4 Å². The summed E-state index contributed by atoms with van der Waals surface area (Å²) in [6.07, 6.45) is 2.37. The van der Waals surface area contributed by atoms with Crippen LogP contribution in [-0.4, -0.2) is 25.1 Å². The highest BCUT2D eigenvalue weighted by Gasteiger charge is 2.12. The van der Waals surface area contributed by atoms with E-state index in [2.05, 4.69) is 10.1 Å². The van der Waals surface area contributed by atoms with Crippen molar-refractivity contribution in [1.29, 1.82) is 0 Å². The summed E-state index contributed by atoms with van der Waals surface area (Å²) in [7, 11) is 0. The van der Waals surface area contributed by atoms with Crippen LogP contribution in [0.5, 0.6) is 0 Å². The average Bonchev–Trinajstić information content (AvgIpc) is 2.61. The summed E-state index contributed by atoms with van der Waals surface area (Å²) in [6.45, 7) is 4.07. The lowest BCUT2D eigenvalue weighted by molar-refractivity contribution is 0.0457. The first-order valence-corrected chi connectivity index (χ1v) is 8.22. The van der Waals surface area contributed by atoms with Crippen molar-refractivity contribution in [1.82, 2.24) is 19.2 Å². The molecule has 0 spiro atoms. The Morgan fingerprint density at radius 1 is 1.15 bits per heavy atom. The number of esters is 1. The van der Waals surface area contributed by atoms with Crippen molar-refractivity contribution in [3.05, 3.63) is 74.2 Å². The zero-order valence-electron chi connectivity index (χ0n) is 14.5. The maximum Gasteiger partial charge on any atom is 0.359 e. The minimum absolute atomic E-state index is 0.0337. The van der Waals surface area contributed by atoms with Gasteiger partial charge in [-0.15, -0.1) is 0 Å². The molecule has 3 aromatic rings. The molecule has 8 heteroatoms. The highest BCUT2D eigenvalue weighted by molar-refractivity contribution is 5.86. The highest BCUT2D eigenvalue weighted by Crippen LogP contribution is 2.05. The molecule has 0 aliphatic carbocycles. The number of hydrogen-bond acceptors (Lipinski definition) is 6. The Labute approximate surface area is 148 Å². The minimum atomic E-state index is -0.680. The molecule has 0 saturated heterocycles. The van der Waals surface area contributed by atoms with Crippen LogP contribution in [0, 0.1) is 6.92 Å². The molecule has 8 nitrogen and oxygen atoms in total. The van der Waals surface area contributed by atoms with E-state index in [0.29, 0.717) is 17.9 Å². The monoisotopic (exact) mass is 354 g/mol. The van der Waals surface area contributed by atoms with E-state index in [0.717, 1.165) is 12.0 Å². The normalized spacial score (nSPS) is 10.8. The van der Waals surface area contributed by atoms with E-state index in [1.807, 2.05) is 19.9 Å². The SMILES string of the molecule is CCCn1nc(C(=O)OCc2cc(=O)n3ccc(C)cc3n2)ccc1=O. The van der Waals surface area contributed by atoms with Gasteiger partial charge in [-0.3, -0.25) is 14.0 Å². The Morgan fingerprint density at radius 3 is 2.73 bits per heavy atom. The fourth-order valence-electron chi connectivity index (χ4n) is 2.47. The first-order chi connectivity index (χ1) is 12.5. The van der Waals surface area contributed by atoms with E-state index < -0.39 is 5.97 Å². The lowest BCUT2D eigenvalue weighted by atomic mass is 10.3. The van der Waals surface area contributed by atoms with Crippen LogP contribution in [0.1, 0.15) is 35.1 Å². The molecule has 0 aliphatic heterocycles. The predicted octanol–water partition coefficient (Wildman–Crippen LogP) is 1.33. The summed E-state index contributed by atoms with van der Waals surface area (Å²) in [5, 5.41) is 4.00. The summed E-state index contributed by atoms with van der Waals surface area (Å²) in [5.74, 6) is -0.680. The maximum atomic E-state index is 12.2. The molecule has 0 amide bonds. The second kappa shape index (κ2) is 7.30. The standard InChI is InChI=1S/C18H18N4O4/c1-3-7-22-16(23)5-4-14(20-22)18(25)26-11-13-10-17(24)21-8-6-12(2)9-15(21)19-13/h4-6,8-10H,3,7,11H2,1-2H3. The first-order valence-electron chi connectivity index (χ1n) is 8.22. The number of fused-ring (bicyclic) bond motifs is 1. The third-order valence-corrected chi connectivity index (χ3v) is 3.74. The molecule has 0 saturated carbocycles. The van der Waals surface area contributed by atoms with Gasteiger partial charge in [0.1, 0.15) is 12.3 Å². The van der Waals surface area contributed by atoms with Gasteiger partial charge in [0.05, 0.1) is 5.69 Å². The minimum Gasteiger partial charge on any atom is -0.454 e. The van der Waals surface area contributed by atoms with Crippen molar-refractivity contribution in [2.75, 3.05) is 0 Å². The lowest BCUT2D eigenvalue weighted by Crippen LogP contribution is -2.25. The van der Waals surface area contributed by atoms with Crippen molar-refractivity contribution in [3.8, 4) is 0 Å². The quantitative estimate of drug-likeness (QED) is 0.642. The topological polar surface area (TPSA) is 95.6 Å². The summed E-state index contributed by atoms with van der Waals surface area (Å²) in [4.78, 5) is 40.3. The molecule has 0 bridgehead atoms. The number of ether oxygens (including phenoxy) is 1. The van der Waals surface area contributed by atoms with Crippen molar-refractivity contribution in [2.45, 2.75) is 33.4 Å². The van der Waals surface area contributed by atoms with Gasteiger partial charge in [0.15, 0.2) is 5.69 Å². The first kappa shape index (κ1) is 17.5. The number of rotatable bonds is 5. The molecule has 3 aromatic heterocycles. The van der Waals surface area contributed by atoms with Gasteiger partial charge in [0, 0.05) is 24.9 Å². The van der Waals surface area contributed by atoms with Crippen LogP contribution in [0.2, 0.25) is 0 Å². The molecule has 0 unspecified atom stereocenters. The molecule has 0 radical (unpaired) electrons. The van der Waals surface area contributed by atoms with E-state index in [1.54, 1.807) is 12.3 Å². The molecular weight excluding hydrogens is 336 g/mol. The van der Waals surface area contributed by atoms with Crippen molar-refractivity contribution < 1.29 is 9.53 Å². The van der Waals surface area contributed by atoms with E-state index in [1.165, 1.54) is 27.3 Å². The Hall–Kier alpha value is -3.29. The zero-order chi connectivity index (χ0) is 18.7. The van der Waals surface area contributed by atoms with Crippen molar-refractivity contribution in [3.63, 3.8) is 0 Å². The molecule has 134 valence electrons. The van der Waals surface area contributed by atoms with Gasteiger partial charge in [0.25, 0.3) is 11.1 Å². The van der Waals surface area contributed by atoms with Gasteiger partial charge in [-0.25, -0.2) is 14.5 Å². The van der Waals surface area contributed by atoms with Gasteiger partial charge in [0.2, 0.25) is 0 Å². The van der Waals surface area contributed by atoms with Crippen LogP contribution in [0.25, 0.3) is 5.65 Å². The number of carbonyl (C=O) groups is 1. The number of carbonyl (C=O) groups excluding carboxylic acids is 1. The molecule has 0 aliphatic rings.